The van der Waals surface area contributed by atoms with Crippen LogP contribution in [0.2, 0.25) is 0 Å². The molecule has 0 aliphatic heterocycles. The van der Waals surface area contributed by atoms with Gasteiger partial charge in [-0.15, -0.1) is 0 Å². The number of rotatable bonds is 6. The highest BCUT2D eigenvalue weighted by Crippen LogP contribution is 2.54. The Hall–Kier alpha value is -6.18. The molecular formula is C57H49N. The van der Waals surface area contributed by atoms with Gasteiger partial charge in [0, 0.05) is 27.8 Å². The van der Waals surface area contributed by atoms with Crippen LogP contribution < -0.4 is 4.90 Å². The molecule has 11 rings (SSSR count). The molecule has 0 bridgehead atoms. The molecule has 0 aromatic heterocycles. The summed E-state index contributed by atoms with van der Waals surface area (Å²) in [5, 5.41) is 2.72. The highest BCUT2D eigenvalue weighted by atomic mass is 15.1. The molecule has 0 amide bonds. The van der Waals surface area contributed by atoms with Crippen LogP contribution >= 0.6 is 0 Å². The molecule has 0 N–H and O–H groups in total. The average Bonchev–Trinajstić information content (AvgIpc) is 3.94. The minimum Gasteiger partial charge on any atom is -0.310 e. The summed E-state index contributed by atoms with van der Waals surface area (Å²) in [6.07, 6.45) is 5.18. The zero-order valence-corrected chi connectivity index (χ0v) is 34.0. The first-order chi connectivity index (χ1) is 28.3. The average molecular weight is 748 g/mol. The zero-order valence-electron chi connectivity index (χ0n) is 34.0. The van der Waals surface area contributed by atoms with Crippen molar-refractivity contribution in [3.05, 3.63) is 198 Å². The predicted octanol–water partition coefficient (Wildman–Crippen LogP) is 15.9. The molecule has 0 radical (unpaired) electrons. The third-order valence-corrected chi connectivity index (χ3v) is 14.0. The third kappa shape index (κ3) is 5.29. The topological polar surface area (TPSA) is 3.24 Å². The van der Waals surface area contributed by atoms with Gasteiger partial charge in [-0.25, -0.2) is 0 Å². The van der Waals surface area contributed by atoms with E-state index in [0.717, 1.165) is 5.69 Å². The lowest BCUT2D eigenvalue weighted by Crippen LogP contribution is -2.16. The van der Waals surface area contributed by atoms with Crippen molar-refractivity contribution < 1.29 is 0 Å². The summed E-state index contributed by atoms with van der Waals surface area (Å²) >= 11 is 0. The lowest BCUT2D eigenvalue weighted by molar-refractivity contribution is 0.660. The smallest absolute Gasteiger partial charge is 0.0546 e. The van der Waals surface area contributed by atoms with Gasteiger partial charge in [0.1, 0.15) is 0 Å². The summed E-state index contributed by atoms with van der Waals surface area (Å²) in [5.74, 6) is 0.609. The molecule has 0 unspecified atom stereocenters. The summed E-state index contributed by atoms with van der Waals surface area (Å²) in [7, 11) is 0. The van der Waals surface area contributed by atoms with E-state index in [1.807, 2.05) is 0 Å². The SMILES string of the molecule is CC1(C)c2ccccc2-c2cc(N(c3ccc(-c4ccccc4)cc3)c3ccc4c(C5CCCC5)cccc4c3-c3ccc4c(c3)C(C)(C)c3ccccc3-4)ccc21. The maximum absolute atomic E-state index is 2.53. The number of hydrogen-bond donors (Lipinski definition) is 0. The number of fused-ring (bicyclic) bond motifs is 7. The fourth-order valence-electron chi connectivity index (χ4n) is 11.0. The molecule has 0 saturated heterocycles. The summed E-state index contributed by atoms with van der Waals surface area (Å²) in [6.45, 7) is 9.53. The Labute approximate surface area is 343 Å². The Morgan fingerprint density at radius 3 is 1.74 bits per heavy atom. The van der Waals surface area contributed by atoms with Gasteiger partial charge in [-0.1, -0.05) is 174 Å². The fraction of sp³-hybridized carbons (Fsp3) is 0.193. The Bertz CT molecular complexity index is 2890. The van der Waals surface area contributed by atoms with E-state index in [0.29, 0.717) is 5.92 Å². The Balaban J connectivity index is 1.18. The molecular weight excluding hydrogens is 699 g/mol. The minimum absolute atomic E-state index is 0.0633. The van der Waals surface area contributed by atoms with Crippen molar-refractivity contribution in [3.63, 3.8) is 0 Å². The molecule has 282 valence electrons. The van der Waals surface area contributed by atoms with Gasteiger partial charge in [0.05, 0.1) is 5.69 Å². The van der Waals surface area contributed by atoms with Crippen LogP contribution in [0.3, 0.4) is 0 Å². The van der Waals surface area contributed by atoms with Gasteiger partial charge in [-0.3, -0.25) is 0 Å². The Morgan fingerprint density at radius 1 is 0.414 bits per heavy atom. The van der Waals surface area contributed by atoms with Crippen LogP contribution in [0.25, 0.3) is 55.3 Å². The highest BCUT2D eigenvalue weighted by molar-refractivity contribution is 6.07. The highest BCUT2D eigenvalue weighted by Gasteiger charge is 2.37. The normalized spacial score (nSPS) is 15.9. The molecule has 1 saturated carbocycles. The van der Waals surface area contributed by atoms with Crippen LogP contribution in [0.1, 0.15) is 87.1 Å². The number of anilines is 3. The van der Waals surface area contributed by atoms with Gasteiger partial charge < -0.3 is 4.90 Å². The first-order valence-corrected chi connectivity index (χ1v) is 21.3. The van der Waals surface area contributed by atoms with Crippen molar-refractivity contribution in [2.75, 3.05) is 4.90 Å². The Kier molecular flexibility index (Phi) is 7.96. The van der Waals surface area contributed by atoms with Crippen LogP contribution in [0.4, 0.5) is 17.1 Å². The van der Waals surface area contributed by atoms with Crippen LogP contribution in [-0.2, 0) is 10.8 Å². The third-order valence-electron chi connectivity index (χ3n) is 14.0. The molecule has 58 heavy (non-hydrogen) atoms. The molecule has 0 spiro atoms. The van der Waals surface area contributed by atoms with E-state index in [2.05, 4.69) is 202 Å². The quantitative estimate of drug-likeness (QED) is 0.164. The molecule has 3 aliphatic rings. The summed E-state index contributed by atoms with van der Waals surface area (Å²) in [5.41, 5.74) is 20.8. The zero-order chi connectivity index (χ0) is 39.2. The Morgan fingerprint density at radius 2 is 1.00 bits per heavy atom. The monoisotopic (exact) mass is 747 g/mol. The molecule has 3 aliphatic carbocycles. The molecule has 8 aromatic carbocycles. The van der Waals surface area contributed by atoms with Gasteiger partial charge in [0.2, 0.25) is 0 Å². The van der Waals surface area contributed by atoms with Crippen LogP contribution in [0, 0.1) is 0 Å². The molecule has 8 aromatic rings. The van der Waals surface area contributed by atoms with Crippen molar-refractivity contribution in [3.8, 4) is 44.5 Å². The molecule has 1 heteroatoms. The van der Waals surface area contributed by atoms with E-state index < -0.39 is 0 Å². The number of benzene rings is 8. The van der Waals surface area contributed by atoms with E-state index in [1.165, 1.54) is 120 Å². The largest absolute Gasteiger partial charge is 0.310 e. The second kappa shape index (κ2) is 13.2. The molecule has 0 heterocycles. The predicted molar refractivity (Wildman–Crippen MR) is 246 cm³/mol. The molecule has 1 fully saturated rings. The summed E-state index contributed by atoms with van der Waals surface area (Å²) in [4.78, 5) is 2.53. The molecule has 1 nitrogen and oxygen atoms in total. The maximum Gasteiger partial charge on any atom is 0.0546 e. The van der Waals surface area contributed by atoms with Crippen molar-refractivity contribution >= 4 is 27.8 Å². The second-order valence-corrected chi connectivity index (χ2v) is 18.0. The van der Waals surface area contributed by atoms with Gasteiger partial charge in [0.15, 0.2) is 0 Å². The van der Waals surface area contributed by atoms with Crippen LogP contribution in [0.15, 0.2) is 170 Å². The van der Waals surface area contributed by atoms with Crippen LogP contribution in [0.5, 0.6) is 0 Å². The van der Waals surface area contributed by atoms with Gasteiger partial charge >= 0.3 is 0 Å². The van der Waals surface area contributed by atoms with Crippen LogP contribution in [-0.4, -0.2) is 0 Å². The molecule has 0 atom stereocenters. The van der Waals surface area contributed by atoms with Crippen molar-refractivity contribution in [1.29, 1.82) is 0 Å². The van der Waals surface area contributed by atoms with Gasteiger partial charge in [-0.2, -0.15) is 0 Å². The lowest BCUT2D eigenvalue weighted by Gasteiger charge is -2.31. The van der Waals surface area contributed by atoms with E-state index in [9.17, 15) is 0 Å². The lowest BCUT2D eigenvalue weighted by atomic mass is 9.81. The van der Waals surface area contributed by atoms with Crippen molar-refractivity contribution in [2.45, 2.75) is 70.1 Å². The van der Waals surface area contributed by atoms with E-state index in [4.69, 9.17) is 0 Å². The van der Waals surface area contributed by atoms with Gasteiger partial charge in [-0.05, 0) is 133 Å². The standard InChI is InChI=1S/C57H49N/c1-56(2)51-24-13-11-20-46(51)49-36-42(30-33-52(49)56)58(41-28-25-38(26-29-41)37-15-6-5-7-16-37)54-34-32-44-43(39-17-8-9-18-39)21-14-22-48(44)55(54)40-27-31-47-45-19-10-12-23-50(45)57(3,4)53(47)35-40/h5-7,10-16,19-36,39H,8-9,17-18H2,1-4H3. The summed E-state index contributed by atoms with van der Waals surface area (Å²) < 4.78 is 0. The number of nitrogens with zero attached hydrogens (tertiary/aromatic N) is 1. The number of hydrogen-bond acceptors (Lipinski definition) is 1. The van der Waals surface area contributed by atoms with E-state index in [1.54, 1.807) is 0 Å². The fourth-order valence-corrected chi connectivity index (χ4v) is 11.0. The summed E-state index contributed by atoms with van der Waals surface area (Å²) in [6, 6.07) is 64.4. The first-order valence-electron chi connectivity index (χ1n) is 21.3. The maximum atomic E-state index is 2.53. The van der Waals surface area contributed by atoms with Crippen molar-refractivity contribution in [1.82, 2.24) is 0 Å². The van der Waals surface area contributed by atoms with E-state index in [-0.39, 0.29) is 10.8 Å². The van der Waals surface area contributed by atoms with Crippen molar-refractivity contribution in [2.24, 2.45) is 0 Å². The van der Waals surface area contributed by atoms with Gasteiger partial charge in [0.25, 0.3) is 0 Å². The first kappa shape index (κ1) is 35.0. The van der Waals surface area contributed by atoms with E-state index >= 15 is 0 Å². The minimum atomic E-state index is -0.102. The second-order valence-electron chi connectivity index (χ2n) is 18.0.